The Labute approximate surface area is 238 Å². The van der Waals surface area contributed by atoms with Crippen LogP contribution in [0.2, 0.25) is 0 Å². The first kappa shape index (κ1) is 27.4. The fourth-order valence-electron chi connectivity index (χ4n) is 7.48. The first-order chi connectivity index (χ1) is 19.6. The van der Waals surface area contributed by atoms with Crippen LogP contribution in [0.5, 0.6) is 11.5 Å². The van der Waals surface area contributed by atoms with Crippen molar-refractivity contribution in [3.05, 3.63) is 83.2 Å². The highest BCUT2D eigenvalue weighted by molar-refractivity contribution is 5.90. The number of carbonyl (C=O) groups is 2. The van der Waals surface area contributed by atoms with E-state index in [1.165, 1.54) is 11.6 Å². The Kier molecular flexibility index (Phi) is 6.66. The number of likely N-dealkylation sites (tertiary alicyclic amines) is 1. The maximum Gasteiger partial charge on any atom is 0.310 e. The molecule has 4 aliphatic rings. The average molecular weight is 560 g/mol. The third kappa shape index (κ3) is 3.99. The summed E-state index contributed by atoms with van der Waals surface area (Å²) in [6.07, 6.45) is 1.89. The van der Waals surface area contributed by atoms with Gasteiger partial charge in [0.25, 0.3) is 0 Å². The molecule has 3 aromatic carbocycles. The van der Waals surface area contributed by atoms with Crippen LogP contribution in [0.4, 0.5) is 4.39 Å². The molecule has 2 aliphatic heterocycles. The van der Waals surface area contributed by atoms with Gasteiger partial charge in [0.15, 0.2) is 23.4 Å². The van der Waals surface area contributed by atoms with E-state index in [0.717, 1.165) is 30.5 Å². The van der Waals surface area contributed by atoms with Crippen LogP contribution in [0.25, 0.3) is 11.1 Å². The summed E-state index contributed by atoms with van der Waals surface area (Å²) in [7, 11) is 3.70. The molecule has 5 atom stereocenters. The van der Waals surface area contributed by atoms with E-state index in [1.807, 2.05) is 36.4 Å². The van der Waals surface area contributed by atoms with Crippen molar-refractivity contribution in [1.29, 1.82) is 0 Å². The number of halogens is 1. The van der Waals surface area contributed by atoms with Crippen molar-refractivity contribution >= 4 is 11.8 Å². The number of carboxylic acids is 1. The molecule has 2 heterocycles. The second kappa shape index (κ2) is 9.96. The van der Waals surface area contributed by atoms with Crippen LogP contribution in [0.15, 0.2) is 60.7 Å². The molecule has 1 spiro atoms. The van der Waals surface area contributed by atoms with Gasteiger partial charge in [0, 0.05) is 23.6 Å². The van der Waals surface area contributed by atoms with Gasteiger partial charge in [-0.3, -0.25) is 9.59 Å². The first-order valence-corrected chi connectivity index (χ1v) is 14.0. The van der Waals surface area contributed by atoms with Gasteiger partial charge >= 0.3 is 5.97 Å². The van der Waals surface area contributed by atoms with Crippen molar-refractivity contribution < 1.29 is 33.7 Å². The predicted molar refractivity (Wildman–Crippen MR) is 151 cm³/mol. The van der Waals surface area contributed by atoms with Crippen molar-refractivity contribution in [2.45, 2.75) is 61.7 Å². The number of hydrogen-bond acceptors (Lipinski definition) is 6. The maximum atomic E-state index is 14.0. The van der Waals surface area contributed by atoms with Crippen LogP contribution in [0, 0.1) is 5.82 Å². The zero-order chi connectivity index (χ0) is 29.1. The van der Waals surface area contributed by atoms with Crippen molar-refractivity contribution in [1.82, 2.24) is 4.90 Å². The number of likely N-dealkylation sites (N-methyl/N-ethyl adjacent to an activating group) is 1. The molecule has 0 amide bonds. The molecule has 2 N–H and O–H groups in total. The number of methoxy groups -OCH3 is 1. The van der Waals surface area contributed by atoms with Crippen LogP contribution in [0.1, 0.15) is 48.8 Å². The van der Waals surface area contributed by atoms with E-state index in [0.29, 0.717) is 35.5 Å². The highest BCUT2D eigenvalue weighted by Crippen LogP contribution is 2.64. The number of aliphatic carboxylic acids is 1. The maximum absolute atomic E-state index is 14.0. The molecule has 1 saturated heterocycles. The molecule has 0 radical (unpaired) electrons. The van der Waals surface area contributed by atoms with Crippen LogP contribution < -0.4 is 9.47 Å². The van der Waals surface area contributed by atoms with Gasteiger partial charge < -0.3 is 24.6 Å². The number of carboxylic acid groups (broad SMARTS) is 1. The summed E-state index contributed by atoms with van der Waals surface area (Å²) in [6.45, 7) is 2.41. The highest BCUT2D eigenvalue weighted by atomic mass is 19.1. The number of aliphatic hydroxyl groups is 1. The summed E-state index contributed by atoms with van der Waals surface area (Å²) >= 11 is 0. The lowest BCUT2D eigenvalue weighted by Gasteiger charge is -2.62. The SMILES string of the molecule is CC(C(=O)O)c1ccc(-c2ccccc2)c(F)c1.COc1ccc2c3c1O[C@H]1C(=O)CC[C@@]4(O)[C@@H](C2)N(C)CC[C@]314. The van der Waals surface area contributed by atoms with Crippen LogP contribution in [-0.2, 0) is 21.4 Å². The molecule has 214 valence electrons. The average Bonchev–Trinajstić information content (AvgIpc) is 3.33. The zero-order valence-electron chi connectivity index (χ0n) is 23.4. The Morgan fingerprint density at radius 2 is 1.90 bits per heavy atom. The van der Waals surface area contributed by atoms with E-state index in [2.05, 4.69) is 18.0 Å². The van der Waals surface area contributed by atoms with Gasteiger partial charge in [0.2, 0.25) is 0 Å². The Morgan fingerprint density at radius 1 is 1.15 bits per heavy atom. The molecule has 2 bridgehead atoms. The fourth-order valence-corrected chi connectivity index (χ4v) is 7.48. The van der Waals surface area contributed by atoms with Gasteiger partial charge in [-0.2, -0.15) is 0 Å². The number of piperidine rings is 1. The van der Waals surface area contributed by atoms with Crippen molar-refractivity contribution in [2.24, 2.45) is 0 Å². The number of Topliss-reactive ketones (excluding diaryl/α,β-unsaturated/α-hetero) is 1. The van der Waals surface area contributed by atoms with Crippen LogP contribution in [0.3, 0.4) is 0 Å². The second-order valence-electron chi connectivity index (χ2n) is 11.6. The molecule has 2 aliphatic carbocycles. The number of benzene rings is 3. The minimum absolute atomic E-state index is 0.0438. The van der Waals surface area contributed by atoms with Gasteiger partial charge in [-0.05, 0) is 68.6 Å². The quantitative estimate of drug-likeness (QED) is 0.477. The summed E-state index contributed by atoms with van der Waals surface area (Å²) in [5.74, 6) is -0.589. The molecule has 8 heteroatoms. The standard InChI is InChI=1S/C18H21NO4.C15H13FO2/c1-19-8-7-17-14-10-3-4-12(22-2)15(14)23-16(17)11(20)5-6-18(17,21)13(19)9-10;1-10(15(17)18)12-7-8-13(14(16)9-12)11-5-3-2-4-6-11/h3-4,13,16,21H,5-9H2,1-2H3;2-10H,1H3,(H,17,18)/t13-,16+,17+,18-;/m1./s1. The second-order valence-corrected chi connectivity index (χ2v) is 11.6. The number of rotatable bonds is 4. The Hall–Kier alpha value is -3.75. The third-order valence-corrected chi connectivity index (χ3v) is 9.68. The van der Waals surface area contributed by atoms with E-state index in [9.17, 15) is 19.1 Å². The van der Waals surface area contributed by atoms with E-state index < -0.39 is 34.8 Å². The molecule has 1 unspecified atom stereocenters. The van der Waals surface area contributed by atoms with E-state index in [-0.39, 0.29) is 11.8 Å². The Morgan fingerprint density at radius 3 is 2.59 bits per heavy atom. The molecular formula is C33H34FNO6. The summed E-state index contributed by atoms with van der Waals surface area (Å²) in [5.41, 5.74) is 2.47. The minimum Gasteiger partial charge on any atom is -0.493 e. The lowest BCUT2D eigenvalue weighted by atomic mass is 9.49. The molecule has 41 heavy (non-hydrogen) atoms. The highest BCUT2D eigenvalue weighted by Gasteiger charge is 2.72. The number of carbonyl (C=O) groups excluding carboxylic acids is 1. The molecule has 3 aromatic rings. The number of hydrogen-bond donors (Lipinski definition) is 2. The van der Waals surface area contributed by atoms with Gasteiger partial charge in [0.05, 0.1) is 24.0 Å². The van der Waals surface area contributed by atoms with Crippen molar-refractivity contribution in [3.63, 3.8) is 0 Å². The third-order valence-electron chi connectivity index (χ3n) is 9.68. The van der Waals surface area contributed by atoms with Gasteiger partial charge in [-0.15, -0.1) is 0 Å². The molecule has 1 saturated carbocycles. The number of ether oxygens (including phenoxy) is 2. The van der Waals surface area contributed by atoms with Crippen LogP contribution >= 0.6 is 0 Å². The van der Waals surface area contributed by atoms with Crippen LogP contribution in [-0.4, -0.2) is 65.3 Å². The first-order valence-electron chi connectivity index (χ1n) is 14.0. The predicted octanol–water partition coefficient (Wildman–Crippen LogP) is 4.73. The molecule has 0 aromatic heterocycles. The molecular weight excluding hydrogens is 525 g/mol. The monoisotopic (exact) mass is 559 g/mol. The number of ketones is 1. The molecule has 7 rings (SSSR count). The van der Waals surface area contributed by atoms with Gasteiger partial charge in [0.1, 0.15) is 5.82 Å². The summed E-state index contributed by atoms with van der Waals surface area (Å²) in [6, 6.07) is 17.8. The fraction of sp³-hybridized carbons (Fsp3) is 0.394. The van der Waals surface area contributed by atoms with E-state index in [4.69, 9.17) is 14.6 Å². The van der Waals surface area contributed by atoms with Crippen molar-refractivity contribution in [2.75, 3.05) is 20.7 Å². The minimum atomic E-state index is -0.957. The summed E-state index contributed by atoms with van der Waals surface area (Å²) in [4.78, 5) is 25.7. The van der Waals surface area contributed by atoms with E-state index >= 15 is 0 Å². The smallest absolute Gasteiger partial charge is 0.310 e. The lowest BCUT2D eigenvalue weighted by Crippen LogP contribution is -2.76. The zero-order valence-corrected chi connectivity index (χ0v) is 23.4. The number of nitrogens with zero attached hydrogens (tertiary/aromatic N) is 1. The molecule has 7 nitrogen and oxygen atoms in total. The summed E-state index contributed by atoms with van der Waals surface area (Å²) in [5, 5.41) is 20.6. The largest absolute Gasteiger partial charge is 0.493 e. The van der Waals surface area contributed by atoms with Gasteiger partial charge in [-0.1, -0.05) is 48.5 Å². The van der Waals surface area contributed by atoms with E-state index in [1.54, 1.807) is 26.2 Å². The lowest BCUT2D eigenvalue weighted by molar-refractivity contribution is -0.185. The van der Waals surface area contributed by atoms with Gasteiger partial charge in [-0.25, -0.2) is 4.39 Å². The molecule has 2 fully saturated rings. The normalized spacial score (nSPS) is 28.1. The Balaban J connectivity index is 0.000000153. The van der Waals surface area contributed by atoms with Crippen molar-refractivity contribution in [3.8, 4) is 22.6 Å². The summed E-state index contributed by atoms with van der Waals surface area (Å²) < 4.78 is 25.6. The Bertz CT molecular complexity index is 1530. The topological polar surface area (TPSA) is 96.3 Å².